The molecule has 0 fully saturated rings. The van der Waals surface area contributed by atoms with Gasteiger partial charge in [0.15, 0.2) is 0 Å². The lowest BCUT2D eigenvalue weighted by molar-refractivity contribution is -0.145. The molecule has 0 radical (unpaired) electrons. The number of hydrogen-bond donors (Lipinski definition) is 0. The lowest BCUT2D eigenvalue weighted by atomic mass is 10.4. The Bertz CT molecular complexity index is 143. The standard InChI is InChI=1S/C8H15BrF3NS/c1-14-6-2-4-13(5-3-9)7-8(10,11)12/h2-7H2,1H3. The first kappa shape index (κ1) is 14.6. The monoisotopic (exact) mass is 293 g/mol. The maximum Gasteiger partial charge on any atom is 0.401 e. The van der Waals surface area contributed by atoms with Crippen LogP contribution in [0.15, 0.2) is 0 Å². The molecular formula is C8H15BrF3NS. The number of alkyl halides is 4. The van der Waals surface area contributed by atoms with Gasteiger partial charge in [0.1, 0.15) is 0 Å². The van der Waals surface area contributed by atoms with Gasteiger partial charge in [0.2, 0.25) is 0 Å². The topological polar surface area (TPSA) is 3.24 Å². The van der Waals surface area contributed by atoms with Crippen molar-refractivity contribution in [2.24, 2.45) is 0 Å². The number of nitrogens with zero attached hydrogens (tertiary/aromatic N) is 1. The zero-order valence-corrected chi connectivity index (χ0v) is 10.5. The molecule has 0 saturated heterocycles. The second-order valence-corrected chi connectivity index (χ2v) is 4.71. The average Bonchev–Trinajstić information content (AvgIpc) is 2.02. The van der Waals surface area contributed by atoms with Gasteiger partial charge in [0, 0.05) is 11.9 Å². The fraction of sp³-hybridized carbons (Fsp3) is 1.00. The molecule has 0 unspecified atom stereocenters. The summed E-state index contributed by atoms with van der Waals surface area (Å²) < 4.78 is 36.2. The van der Waals surface area contributed by atoms with Crippen LogP contribution < -0.4 is 0 Å². The molecule has 0 aliphatic rings. The Hall–Kier alpha value is 0.580. The van der Waals surface area contributed by atoms with Crippen LogP contribution in [0.25, 0.3) is 0 Å². The van der Waals surface area contributed by atoms with Gasteiger partial charge < -0.3 is 0 Å². The zero-order chi connectivity index (χ0) is 11.0. The van der Waals surface area contributed by atoms with Gasteiger partial charge in [-0.25, -0.2) is 0 Å². The van der Waals surface area contributed by atoms with E-state index in [1.54, 1.807) is 11.8 Å². The van der Waals surface area contributed by atoms with E-state index < -0.39 is 12.7 Å². The van der Waals surface area contributed by atoms with E-state index in [1.807, 2.05) is 6.26 Å². The van der Waals surface area contributed by atoms with Crippen molar-refractivity contribution in [3.63, 3.8) is 0 Å². The van der Waals surface area contributed by atoms with E-state index >= 15 is 0 Å². The summed E-state index contributed by atoms with van der Waals surface area (Å²) >= 11 is 4.81. The molecule has 0 saturated carbocycles. The third kappa shape index (κ3) is 9.15. The minimum Gasteiger partial charge on any atom is -0.294 e. The van der Waals surface area contributed by atoms with Crippen LogP contribution in [-0.2, 0) is 0 Å². The van der Waals surface area contributed by atoms with E-state index in [-0.39, 0.29) is 0 Å². The summed E-state index contributed by atoms with van der Waals surface area (Å²) in [5, 5.41) is 0.586. The Kier molecular flexibility index (Phi) is 8.14. The van der Waals surface area contributed by atoms with Crippen molar-refractivity contribution in [2.75, 3.05) is 37.0 Å². The Morgan fingerprint density at radius 3 is 2.36 bits per heavy atom. The van der Waals surface area contributed by atoms with E-state index in [9.17, 15) is 13.2 Å². The summed E-state index contributed by atoms with van der Waals surface area (Å²) in [6, 6.07) is 0. The van der Waals surface area contributed by atoms with Crippen LogP contribution in [0.2, 0.25) is 0 Å². The normalized spacial score (nSPS) is 12.4. The second kappa shape index (κ2) is 7.82. The van der Waals surface area contributed by atoms with Gasteiger partial charge in [-0.1, -0.05) is 15.9 Å². The van der Waals surface area contributed by atoms with Crippen LogP contribution in [0, 0.1) is 0 Å². The number of halogens is 4. The molecule has 0 aromatic rings. The summed E-state index contributed by atoms with van der Waals surface area (Å²) in [7, 11) is 0. The van der Waals surface area contributed by atoms with Gasteiger partial charge in [0.25, 0.3) is 0 Å². The molecule has 0 aromatic heterocycles. The molecule has 0 atom stereocenters. The van der Waals surface area contributed by atoms with Gasteiger partial charge in [0.05, 0.1) is 6.54 Å². The first-order valence-electron chi connectivity index (χ1n) is 4.33. The summed E-state index contributed by atoms with van der Waals surface area (Å²) in [6.45, 7) is 0.173. The van der Waals surface area contributed by atoms with Crippen LogP contribution in [0.3, 0.4) is 0 Å². The average molecular weight is 294 g/mol. The highest BCUT2D eigenvalue weighted by molar-refractivity contribution is 9.09. The van der Waals surface area contributed by atoms with Gasteiger partial charge in [-0.3, -0.25) is 4.90 Å². The van der Waals surface area contributed by atoms with E-state index in [1.165, 1.54) is 4.90 Å². The molecule has 0 heterocycles. The third-order valence-corrected chi connectivity index (χ3v) is 2.68. The first-order chi connectivity index (χ1) is 6.49. The van der Waals surface area contributed by atoms with Crippen LogP contribution >= 0.6 is 27.7 Å². The van der Waals surface area contributed by atoms with Crippen molar-refractivity contribution in [3.8, 4) is 0 Å². The minimum absolute atomic E-state index is 0.452. The highest BCUT2D eigenvalue weighted by atomic mass is 79.9. The number of rotatable bonds is 7. The zero-order valence-electron chi connectivity index (χ0n) is 8.11. The molecule has 0 amide bonds. The van der Waals surface area contributed by atoms with Gasteiger partial charge >= 0.3 is 6.18 Å². The van der Waals surface area contributed by atoms with Crippen molar-refractivity contribution in [2.45, 2.75) is 12.6 Å². The molecule has 0 rings (SSSR count). The molecule has 0 aliphatic carbocycles. The summed E-state index contributed by atoms with van der Waals surface area (Å²) in [5.41, 5.74) is 0. The Morgan fingerprint density at radius 1 is 1.29 bits per heavy atom. The summed E-state index contributed by atoms with van der Waals surface area (Å²) in [6.07, 6.45) is -1.32. The van der Waals surface area contributed by atoms with Crippen LogP contribution in [-0.4, -0.2) is 48.0 Å². The van der Waals surface area contributed by atoms with Crippen LogP contribution in [0.1, 0.15) is 6.42 Å². The smallest absolute Gasteiger partial charge is 0.294 e. The second-order valence-electron chi connectivity index (χ2n) is 2.93. The summed E-state index contributed by atoms with van der Waals surface area (Å²) in [5.74, 6) is 0.913. The highest BCUT2D eigenvalue weighted by Gasteiger charge is 2.29. The maximum atomic E-state index is 12.1. The molecule has 14 heavy (non-hydrogen) atoms. The Morgan fingerprint density at radius 2 is 1.93 bits per heavy atom. The first-order valence-corrected chi connectivity index (χ1v) is 6.85. The molecule has 6 heteroatoms. The van der Waals surface area contributed by atoms with Crippen LogP contribution in [0.5, 0.6) is 0 Å². The Labute approximate surface area is 95.5 Å². The fourth-order valence-electron chi connectivity index (χ4n) is 1.08. The quantitative estimate of drug-likeness (QED) is 0.524. The van der Waals surface area contributed by atoms with Crippen molar-refractivity contribution in [3.05, 3.63) is 0 Å². The van der Waals surface area contributed by atoms with Crippen molar-refractivity contribution in [1.82, 2.24) is 4.90 Å². The van der Waals surface area contributed by atoms with E-state index in [0.29, 0.717) is 18.4 Å². The van der Waals surface area contributed by atoms with Crippen molar-refractivity contribution >= 4 is 27.7 Å². The van der Waals surface area contributed by atoms with E-state index in [2.05, 4.69) is 15.9 Å². The molecule has 1 nitrogen and oxygen atoms in total. The fourth-order valence-corrected chi connectivity index (χ4v) is 1.99. The van der Waals surface area contributed by atoms with Crippen molar-refractivity contribution in [1.29, 1.82) is 0 Å². The SMILES string of the molecule is CSCCCN(CCBr)CC(F)(F)F. The van der Waals surface area contributed by atoms with Crippen molar-refractivity contribution < 1.29 is 13.2 Å². The lowest BCUT2D eigenvalue weighted by Gasteiger charge is -2.22. The molecule has 0 N–H and O–H groups in total. The predicted octanol–water partition coefficient (Wildman–Crippen LogP) is 3.00. The molecule has 0 aromatic carbocycles. The molecular weight excluding hydrogens is 279 g/mol. The van der Waals surface area contributed by atoms with Crippen LogP contribution in [0.4, 0.5) is 13.2 Å². The van der Waals surface area contributed by atoms with E-state index in [4.69, 9.17) is 0 Å². The van der Waals surface area contributed by atoms with Gasteiger partial charge in [-0.05, 0) is 25.0 Å². The van der Waals surface area contributed by atoms with Gasteiger partial charge in [-0.15, -0.1) is 0 Å². The number of hydrogen-bond acceptors (Lipinski definition) is 2. The van der Waals surface area contributed by atoms with Gasteiger partial charge in [-0.2, -0.15) is 24.9 Å². The number of thioether (sulfide) groups is 1. The molecule has 0 aliphatic heterocycles. The molecule has 0 spiro atoms. The molecule has 86 valence electrons. The molecule has 0 bridgehead atoms. The Balaban J connectivity index is 3.77. The largest absolute Gasteiger partial charge is 0.401 e. The lowest BCUT2D eigenvalue weighted by Crippen LogP contribution is -2.36. The summed E-state index contributed by atoms with van der Waals surface area (Å²) in [4.78, 5) is 1.44. The highest BCUT2D eigenvalue weighted by Crippen LogP contribution is 2.16. The third-order valence-electron chi connectivity index (χ3n) is 1.63. The van der Waals surface area contributed by atoms with E-state index in [0.717, 1.165) is 12.2 Å². The predicted molar refractivity (Wildman–Crippen MR) is 59.3 cm³/mol. The minimum atomic E-state index is -4.08. The maximum absolute atomic E-state index is 12.1.